The first-order valence-corrected chi connectivity index (χ1v) is 4.94. The summed E-state index contributed by atoms with van der Waals surface area (Å²) in [7, 11) is 0. The van der Waals surface area contributed by atoms with Crippen LogP contribution in [-0.4, -0.2) is 35.1 Å². The van der Waals surface area contributed by atoms with E-state index in [1.165, 1.54) is 0 Å². The van der Waals surface area contributed by atoms with Crippen molar-refractivity contribution in [2.24, 2.45) is 0 Å². The molecule has 1 N–H and O–H groups in total. The highest BCUT2D eigenvalue weighted by Gasteiger charge is 2.54. The average Bonchev–Trinajstić information content (AvgIpc) is 2.87. The minimum Gasteiger partial charge on any atom is -0.394 e. The summed E-state index contributed by atoms with van der Waals surface area (Å²) in [5.74, 6) is 0. The zero-order chi connectivity index (χ0) is 9.69. The van der Waals surface area contributed by atoms with Gasteiger partial charge in [0.15, 0.2) is 0 Å². The number of aliphatic hydroxyl groups excluding tert-OH is 1. The van der Waals surface area contributed by atoms with E-state index in [2.05, 4.69) is 20.8 Å². The third-order valence-corrected chi connectivity index (χ3v) is 3.27. The molecule has 0 aromatic rings. The Hall–Kier alpha value is -0.120. The molecule has 0 saturated carbocycles. The molecule has 0 aliphatic carbocycles. The van der Waals surface area contributed by atoms with Gasteiger partial charge in [0.05, 0.1) is 23.9 Å². The quantitative estimate of drug-likeness (QED) is 0.668. The Morgan fingerprint density at radius 1 is 1.15 bits per heavy atom. The zero-order valence-corrected chi connectivity index (χ0v) is 8.54. The topological polar surface area (TPSA) is 45.3 Å². The molecular weight excluding hydrogens is 168 g/mol. The Bertz CT molecular complexity index is 214. The maximum Gasteiger partial charge on any atom is 0.110 e. The minimum absolute atomic E-state index is 0.0642. The fourth-order valence-corrected chi connectivity index (χ4v) is 1.90. The van der Waals surface area contributed by atoms with Crippen LogP contribution in [0.4, 0.5) is 0 Å². The lowest BCUT2D eigenvalue weighted by atomic mass is 9.97. The lowest BCUT2D eigenvalue weighted by Crippen LogP contribution is -2.14. The van der Waals surface area contributed by atoms with Crippen LogP contribution in [0.25, 0.3) is 0 Å². The molecule has 2 heterocycles. The van der Waals surface area contributed by atoms with Crippen LogP contribution in [0.5, 0.6) is 0 Å². The molecule has 0 aromatic carbocycles. The van der Waals surface area contributed by atoms with Crippen molar-refractivity contribution < 1.29 is 14.6 Å². The van der Waals surface area contributed by atoms with Crippen molar-refractivity contribution in [2.45, 2.75) is 57.0 Å². The predicted octanol–water partition coefficient (Wildman–Crippen LogP) is 1.09. The van der Waals surface area contributed by atoms with E-state index in [-0.39, 0.29) is 23.9 Å². The Balaban J connectivity index is 1.70. The molecule has 0 spiro atoms. The Labute approximate surface area is 79.0 Å². The first-order chi connectivity index (χ1) is 5.98. The van der Waals surface area contributed by atoms with E-state index in [4.69, 9.17) is 14.6 Å². The molecule has 0 aromatic heterocycles. The van der Waals surface area contributed by atoms with Gasteiger partial charge in [0.2, 0.25) is 0 Å². The minimum atomic E-state index is -0.0726. The third-order valence-electron chi connectivity index (χ3n) is 3.27. The van der Waals surface area contributed by atoms with E-state index in [9.17, 15) is 0 Å². The standard InChI is InChI=1S/C10H18O3/c1-9(2)7(12-9)4-5-10(3)8(6-11)13-10/h7-8,11H,4-6H2,1-3H3/t7-,8-,10+/m1/s1. The lowest BCUT2D eigenvalue weighted by Gasteiger charge is -2.03. The molecule has 2 saturated heterocycles. The van der Waals surface area contributed by atoms with Gasteiger partial charge in [-0.3, -0.25) is 0 Å². The molecule has 2 aliphatic heterocycles. The van der Waals surface area contributed by atoms with Crippen LogP contribution < -0.4 is 0 Å². The van der Waals surface area contributed by atoms with E-state index < -0.39 is 0 Å². The van der Waals surface area contributed by atoms with Crippen molar-refractivity contribution in [3.8, 4) is 0 Å². The molecule has 0 bridgehead atoms. The molecule has 13 heavy (non-hydrogen) atoms. The van der Waals surface area contributed by atoms with Crippen LogP contribution in [0.1, 0.15) is 33.6 Å². The van der Waals surface area contributed by atoms with Gasteiger partial charge in [-0.2, -0.15) is 0 Å². The van der Waals surface area contributed by atoms with Crippen LogP contribution in [-0.2, 0) is 9.47 Å². The molecule has 76 valence electrons. The maximum atomic E-state index is 8.87. The van der Waals surface area contributed by atoms with Crippen molar-refractivity contribution in [3.63, 3.8) is 0 Å². The highest BCUT2D eigenvalue weighted by Crippen LogP contribution is 2.45. The number of aliphatic hydroxyl groups is 1. The van der Waals surface area contributed by atoms with Gasteiger partial charge in [-0.15, -0.1) is 0 Å². The normalized spacial score (nSPS) is 46.2. The van der Waals surface area contributed by atoms with Gasteiger partial charge >= 0.3 is 0 Å². The molecule has 3 atom stereocenters. The molecule has 3 nitrogen and oxygen atoms in total. The fraction of sp³-hybridized carbons (Fsp3) is 1.00. The monoisotopic (exact) mass is 186 g/mol. The highest BCUT2D eigenvalue weighted by molar-refractivity contribution is 5.02. The van der Waals surface area contributed by atoms with E-state index in [0.717, 1.165) is 12.8 Å². The summed E-state index contributed by atoms with van der Waals surface area (Å²) < 4.78 is 10.9. The molecule has 2 aliphatic rings. The molecule has 0 radical (unpaired) electrons. The van der Waals surface area contributed by atoms with Crippen LogP contribution in [0, 0.1) is 0 Å². The van der Waals surface area contributed by atoms with Gasteiger partial charge in [0.1, 0.15) is 6.10 Å². The van der Waals surface area contributed by atoms with E-state index >= 15 is 0 Å². The summed E-state index contributed by atoms with van der Waals surface area (Å²) in [5.41, 5.74) is 0.0107. The van der Waals surface area contributed by atoms with Gasteiger partial charge in [-0.25, -0.2) is 0 Å². The van der Waals surface area contributed by atoms with Gasteiger partial charge in [-0.05, 0) is 33.6 Å². The summed E-state index contributed by atoms with van der Waals surface area (Å²) in [4.78, 5) is 0. The van der Waals surface area contributed by atoms with Crippen molar-refractivity contribution in [3.05, 3.63) is 0 Å². The summed E-state index contributed by atoms with van der Waals surface area (Å²) >= 11 is 0. The second-order valence-electron chi connectivity index (χ2n) is 4.85. The van der Waals surface area contributed by atoms with Gasteiger partial charge < -0.3 is 14.6 Å². The van der Waals surface area contributed by atoms with E-state index in [0.29, 0.717) is 6.10 Å². The van der Waals surface area contributed by atoms with Gasteiger partial charge in [-0.1, -0.05) is 0 Å². The number of hydrogen-bond acceptors (Lipinski definition) is 3. The predicted molar refractivity (Wildman–Crippen MR) is 48.5 cm³/mol. The first-order valence-electron chi connectivity index (χ1n) is 4.94. The summed E-state index contributed by atoms with van der Waals surface area (Å²) in [5, 5.41) is 8.87. The summed E-state index contributed by atoms with van der Waals surface area (Å²) in [6.45, 7) is 6.42. The van der Waals surface area contributed by atoms with Gasteiger partial charge in [0, 0.05) is 0 Å². The number of epoxide rings is 2. The molecule has 0 unspecified atom stereocenters. The van der Waals surface area contributed by atoms with Crippen LogP contribution in [0.3, 0.4) is 0 Å². The molecule has 3 heteroatoms. The van der Waals surface area contributed by atoms with Crippen molar-refractivity contribution >= 4 is 0 Å². The Morgan fingerprint density at radius 3 is 2.15 bits per heavy atom. The largest absolute Gasteiger partial charge is 0.394 e. The van der Waals surface area contributed by atoms with Gasteiger partial charge in [0.25, 0.3) is 0 Å². The van der Waals surface area contributed by atoms with Crippen molar-refractivity contribution in [1.29, 1.82) is 0 Å². The number of ether oxygens (including phenoxy) is 2. The third kappa shape index (κ3) is 1.73. The fourth-order valence-electron chi connectivity index (χ4n) is 1.90. The van der Waals surface area contributed by atoms with Crippen molar-refractivity contribution in [2.75, 3.05) is 6.61 Å². The highest BCUT2D eigenvalue weighted by atomic mass is 16.6. The lowest BCUT2D eigenvalue weighted by molar-refractivity contribution is 0.233. The van der Waals surface area contributed by atoms with Crippen LogP contribution in [0.2, 0.25) is 0 Å². The molecule has 2 fully saturated rings. The SMILES string of the molecule is CC1(C)O[C@@H]1CC[C@]1(C)O[C@@H]1CO. The first kappa shape index (κ1) is 9.44. The molecular formula is C10H18O3. The van der Waals surface area contributed by atoms with E-state index in [1.807, 2.05) is 0 Å². The average molecular weight is 186 g/mol. The number of hydrogen-bond donors (Lipinski definition) is 1. The van der Waals surface area contributed by atoms with E-state index in [1.54, 1.807) is 0 Å². The van der Waals surface area contributed by atoms with Crippen molar-refractivity contribution in [1.82, 2.24) is 0 Å². The molecule has 0 amide bonds. The second-order valence-corrected chi connectivity index (χ2v) is 4.85. The Morgan fingerprint density at radius 2 is 1.77 bits per heavy atom. The Kier molecular flexibility index (Phi) is 1.95. The molecule has 2 rings (SSSR count). The zero-order valence-electron chi connectivity index (χ0n) is 8.54. The number of rotatable bonds is 4. The maximum absolute atomic E-state index is 8.87. The smallest absolute Gasteiger partial charge is 0.110 e. The van der Waals surface area contributed by atoms with Crippen LogP contribution in [0.15, 0.2) is 0 Å². The second kappa shape index (κ2) is 2.69. The summed E-state index contributed by atoms with van der Waals surface area (Å²) in [6, 6.07) is 0. The summed E-state index contributed by atoms with van der Waals surface area (Å²) in [6.07, 6.45) is 2.49. The van der Waals surface area contributed by atoms with Crippen LogP contribution >= 0.6 is 0 Å².